The van der Waals surface area contributed by atoms with E-state index in [1.54, 1.807) is 13.5 Å². The first kappa shape index (κ1) is 30.6. The number of allylic oxidation sites excluding steroid dienone is 8. The average molecular weight is 756 g/mol. The Hall–Kier alpha value is -2.40. The molecule has 4 nitrogen and oxygen atoms in total. The standard InChI is InChI=1S/C53H57NO3/c1-55-9-10-57-8-7-54-19-29-28-17-25-15-22-13-23-12-20-11-21-14-24-16-26-18-53(29,52(54)27-5-3-4-6-30(27)56-2)51-37(26)42-36(24)41-32(21)31(20)39-35(23)40-33(22)34(25)43-38(28)50(51)49-47(42)45(41)44(39)46(40)48(43)49/h3-6,12,16,20-22,26,29,31-33,35-37,39-49,52H,7-11,13-15,17-19H2,1-2H3. The molecule has 24 unspecified atom stereocenters. The minimum atomic E-state index is 0.163. The van der Waals surface area contributed by atoms with Gasteiger partial charge in [0.05, 0.1) is 26.9 Å². The van der Waals surface area contributed by atoms with Gasteiger partial charge in [0.15, 0.2) is 0 Å². The second-order valence-corrected chi connectivity index (χ2v) is 23.7. The van der Waals surface area contributed by atoms with Gasteiger partial charge in [0, 0.05) is 49.1 Å². The molecule has 1 aliphatic heterocycles. The van der Waals surface area contributed by atoms with Crippen molar-refractivity contribution in [3.63, 3.8) is 0 Å². The molecular formula is C53H57NO3. The highest BCUT2D eigenvalue weighted by atomic mass is 16.5. The molecule has 0 amide bonds. The summed E-state index contributed by atoms with van der Waals surface area (Å²) in [5.74, 6) is 21.7. The number of methoxy groups -OCH3 is 2. The zero-order valence-electron chi connectivity index (χ0n) is 33.7. The fraction of sp³-hybridized carbons (Fsp3) is 0.698. The Bertz CT molecular complexity index is 2360. The Kier molecular flexibility index (Phi) is 5.05. The Morgan fingerprint density at radius 1 is 0.702 bits per heavy atom. The lowest BCUT2D eigenvalue weighted by molar-refractivity contribution is -0.108. The summed E-state index contributed by atoms with van der Waals surface area (Å²) in [6.45, 7) is 4.33. The molecule has 24 atom stereocenters. The molecule has 1 saturated heterocycles. The van der Waals surface area contributed by atoms with Crippen LogP contribution >= 0.6 is 0 Å². The van der Waals surface area contributed by atoms with Crippen molar-refractivity contribution >= 4 is 0 Å². The molecule has 1 aromatic rings. The molecule has 0 aromatic heterocycles. The number of rotatable bonds is 8. The van der Waals surface area contributed by atoms with Crippen LogP contribution in [0.4, 0.5) is 0 Å². The molecule has 0 bridgehead atoms. The second-order valence-electron chi connectivity index (χ2n) is 23.7. The lowest BCUT2D eigenvalue weighted by Crippen LogP contribution is -2.56. The molecule has 16 aliphatic carbocycles. The number of hydrogen-bond acceptors (Lipinski definition) is 4. The van der Waals surface area contributed by atoms with Gasteiger partial charge < -0.3 is 14.2 Å². The summed E-state index contributed by atoms with van der Waals surface area (Å²) >= 11 is 0. The molecule has 57 heavy (non-hydrogen) atoms. The van der Waals surface area contributed by atoms with Crippen LogP contribution in [0.5, 0.6) is 5.75 Å². The van der Waals surface area contributed by atoms with Gasteiger partial charge in [-0.3, -0.25) is 4.90 Å². The van der Waals surface area contributed by atoms with E-state index in [1.165, 1.54) is 44.2 Å². The maximum atomic E-state index is 6.41. The van der Waals surface area contributed by atoms with Gasteiger partial charge in [-0.25, -0.2) is 0 Å². The van der Waals surface area contributed by atoms with Gasteiger partial charge in [0.2, 0.25) is 0 Å². The molecule has 1 spiro atoms. The molecule has 1 aromatic carbocycles. The molecule has 1 heterocycles. The highest BCUT2D eigenvalue weighted by molar-refractivity contribution is 5.68. The summed E-state index contributed by atoms with van der Waals surface area (Å²) in [6, 6.07) is 9.69. The van der Waals surface area contributed by atoms with E-state index in [1.807, 2.05) is 23.8 Å². The smallest absolute Gasteiger partial charge is 0.123 e. The second kappa shape index (κ2) is 9.40. The van der Waals surface area contributed by atoms with Crippen molar-refractivity contribution in [1.82, 2.24) is 4.90 Å². The predicted octanol–water partition coefficient (Wildman–Crippen LogP) is 8.56. The van der Waals surface area contributed by atoms with Crippen LogP contribution in [-0.2, 0) is 9.47 Å². The normalized spacial score (nSPS) is 59.2. The third-order valence-electron chi connectivity index (χ3n) is 23.6. The Morgan fingerprint density at radius 3 is 2.39 bits per heavy atom. The molecule has 4 heteroatoms. The molecule has 18 rings (SSSR count). The first-order valence-electron chi connectivity index (χ1n) is 24.3. The highest BCUT2D eigenvalue weighted by Gasteiger charge is 2.86. The Morgan fingerprint density at radius 2 is 1.49 bits per heavy atom. The molecule has 0 radical (unpaired) electrons. The van der Waals surface area contributed by atoms with Crippen LogP contribution in [0.2, 0.25) is 0 Å². The van der Waals surface area contributed by atoms with Crippen molar-refractivity contribution in [1.29, 1.82) is 0 Å². The third-order valence-corrected chi connectivity index (χ3v) is 23.6. The van der Waals surface area contributed by atoms with Crippen LogP contribution in [0.15, 0.2) is 81.0 Å². The molecule has 17 aliphatic rings. The van der Waals surface area contributed by atoms with Crippen LogP contribution in [0.25, 0.3) is 0 Å². The maximum Gasteiger partial charge on any atom is 0.123 e. The van der Waals surface area contributed by atoms with E-state index in [0.29, 0.717) is 25.2 Å². The van der Waals surface area contributed by atoms with Crippen molar-refractivity contribution in [2.75, 3.05) is 47.1 Å². The SMILES string of the molecule is COCCOCCN1CC2C3=C4C5=C6C7C(C=C8CC9CC%10C=C%11CC%12CC(=C%13C4C4C5C5C7C8C7C9C%10C8C%11C(C%13%12)C4C8C57)C3)CC62C1c1ccccc1OC. The van der Waals surface area contributed by atoms with Gasteiger partial charge in [-0.2, -0.15) is 0 Å². The number of fused-ring (bicyclic) bond motifs is 1. The summed E-state index contributed by atoms with van der Waals surface area (Å²) in [4.78, 5) is 2.97. The number of para-hydroxylation sites is 1. The summed E-state index contributed by atoms with van der Waals surface area (Å²) in [6.07, 6.45) is 14.8. The molecule has 10 saturated carbocycles. The van der Waals surface area contributed by atoms with Gasteiger partial charge in [-0.15, -0.1) is 0 Å². The zero-order chi connectivity index (χ0) is 36.3. The van der Waals surface area contributed by atoms with E-state index < -0.39 is 0 Å². The zero-order valence-corrected chi connectivity index (χ0v) is 33.7. The Balaban J connectivity index is 0.938. The van der Waals surface area contributed by atoms with Crippen molar-refractivity contribution in [3.05, 3.63) is 86.6 Å². The number of nitrogens with zero attached hydrogens (tertiary/aromatic N) is 1. The Labute approximate surface area is 337 Å². The summed E-state index contributed by atoms with van der Waals surface area (Å²) in [7, 11) is 3.74. The topological polar surface area (TPSA) is 30.9 Å². The van der Waals surface area contributed by atoms with Crippen LogP contribution in [0.3, 0.4) is 0 Å². The van der Waals surface area contributed by atoms with Crippen LogP contribution in [0, 0.1) is 136 Å². The minimum absolute atomic E-state index is 0.163. The van der Waals surface area contributed by atoms with E-state index in [0.717, 1.165) is 143 Å². The van der Waals surface area contributed by atoms with Gasteiger partial charge >= 0.3 is 0 Å². The number of hydrogen-bond donors (Lipinski definition) is 0. The van der Waals surface area contributed by atoms with Gasteiger partial charge in [0.25, 0.3) is 0 Å². The number of likely N-dealkylation sites (tertiary alicyclic amines) is 1. The average Bonchev–Trinajstić information content (AvgIpc) is 4.08. The fourth-order valence-corrected chi connectivity index (χ4v) is 24.2. The highest BCUT2D eigenvalue weighted by Crippen LogP contribution is 2.91. The van der Waals surface area contributed by atoms with Gasteiger partial charge in [-0.05, 0) is 174 Å². The fourth-order valence-electron chi connectivity index (χ4n) is 24.2. The van der Waals surface area contributed by atoms with Gasteiger partial charge in [0.1, 0.15) is 5.75 Å². The van der Waals surface area contributed by atoms with Crippen molar-refractivity contribution in [3.8, 4) is 5.75 Å². The van der Waals surface area contributed by atoms with Crippen LogP contribution < -0.4 is 4.74 Å². The van der Waals surface area contributed by atoms with E-state index in [-0.39, 0.29) is 5.41 Å². The van der Waals surface area contributed by atoms with E-state index in [2.05, 4.69) is 69.2 Å². The summed E-state index contributed by atoms with van der Waals surface area (Å²) < 4.78 is 18.2. The predicted molar refractivity (Wildman–Crippen MR) is 214 cm³/mol. The van der Waals surface area contributed by atoms with Gasteiger partial charge in [-0.1, -0.05) is 63.8 Å². The number of benzene rings is 1. The summed E-state index contributed by atoms with van der Waals surface area (Å²) in [5.41, 5.74) is 18.1. The van der Waals surface area contributed by atoms with Crippen LogP contribution in [-0.4, -0.2) is 52.0 Å². The number of ether oxygens (including phenoxy) is 3. The van der Waals surface area contributed by atoms with Crippen LogP contribution in [0.1, 0.15) is 50.1 Å². The van der Waals surface area contributed by atoms with Crippen molar-refractivity contribution < 1.29 is 14.2 Å². The maximum absolute atomic E-state index is 6.41. The first-order valence-corrected chi connectivity index (χ1v) is 24.3. The molecule has 292 valence electrons. The molecule has 11 fully saturated rings. The molecule has 0 N–H and O–H groups in total. The lowest BCUT2D eigenvalue weighted by Gasteiger charge is -2.60. The molecular weight excluding hydrogens is 699 g/mol. The van der Waals surface area contributed by atoms with E-state index in [4.69, 9.17) is 14.2 Å². The monoisotopic (exact) mass is 755 g/mol. The quantitative estimate of drug-likeness (QED) is 0.197. The van der Waals surface area contributed by atoms with Crippen molar-refractivity contribution in [2.24, 2.45) is 136 Å². The summed E-state index contributed by atoms with van der Waals surface area (Å²) in [5, 5.41) is 0. The van der Waals surface area contributed by atoms with E-state index in [9.17, 15) is 0 Å². The third kappa shape index (κ3) is 2.83. The largest absolute Gasteiger partial charge is 0.496 e. The van der Waals surface area contributed by atoms with E-state index >= 15 is 0 Å². The van der Waals surface area contributed by atoms with Crippen molar-refractivity contribution in [2.45, 2.75) is 44.6 Å². The lowest BCUT2D eigenvalue weighted by atomic mass is 9.44. The minimum Gasteiger partial charge on any atom is -0.496 e. The first-order chi connectivity index (χ1) is 28.2.